The molecule has 2 N–H and O–H groups in total. The van der Waals surface area contributed by atoms with Crippen LogP contribution < -0.4 is 10.6 Å². The topological polar surface area (TPSA) is 42.1 Å². The van der Waals surface area contributed by atoms with E-state index in [4.69, 9.17) is 5.73 Å². The quantitative estimate of drug-likeness (QED) is 0.819. The molecule has 20 heavy (non-hydrogen) atoms. The van der Waals surface area contributed by atoms with E-state index in [1.165, 1.54) is 0 Å². The standard InChI is InChI=1S/C15H20BrN3S/c1-10(6-7-20-3)19(2)14-5-4-13(17)12-8-11(16)9-18-15(12)14/h4-5,8-10H,6-7,17H2,1-3H3. The largest absolute Gasteiger partial charge is 0.398 e. The normalized spacial score (nSPS) is 12.6. The molecule has 0 bridgehead atoms. The molecule has 1 atom stereocenters. The summed E-state index contributed by atoms with van der Waals surface area (Å²) in [7, 11) is 2.12. The molecule has 0 aliphatic heterocycles. The van der Waals surface area contributed by atoms with Crippen molar-refractivity contribution in [2.75, 3.05) is 29.7 Å². The van der Waals surface area contributed by atoms with Gasteiger partial charge in [0, 0.05) is 34.8 Å². The highest BCUT2D eigenvalue weighted by Gasteiger charge is 2.14. The Hall–Kier alpha value is -0.940. The first-order valence-corrected chi connectivity index (χ1v) is 8.78. The summed E-state index contributed by atoms with van der Waals surface area (Å²) in [5.74, 6) is 1.16. The van der Waals surface area contributed by atoms with E-state index < -0.39 is 0 Å². The van der Waals surface area contributed by atoms with Crippen molar-refractivity contribution in [3.63, 3.8) is 0 Å². The highest BCUT2D eigenvalue weighted by molar-refractivity contribution is 9.10. The molecule has 2 aromatic rings. The van der Waals surface area contributed by atoms with Gasteiger partial charge in [-0.3, -0.25) is 4.98 Å². The summed E-state index contributed by atoms with van der Waals surface area (Å²) in [6.45, 7) is 2.25. The lowest BCUT2D eigenvalue weighted by Gasteiger charge is -2.28. The van der Waals surface area contributed by atoms with Crippen molar-refractivity contribution < 1.29 is 0 Å². The number of benzene rings is 1. The molecule has 1 aromatic carbocycles. The van der Waals surface area contributed by atoms with Crippen LogP contribution in [0.2, 0.25) is 0 Å². The zero-order valence-corrected chi connectivity index (χ0v) is 14.5. The van der Waals surface area contributed by atoms with Gasteiger partial charge in [-0.05, 0) is 59.5 Å². The second kappa shape index (κ2) is 6.68. The van der Waals surface area contributed by atoms with Crippen LogP contribution >= 0.6 is 27.7 Å². The third-order valence-corrected chi connectivity index (χ3v) is 4.69. The molecular weight excluding hydrogens is 334 g/mol. The Morgan fingerprint density at radius 1 is 1.45 bits per heavy atom. The molecule has 5 heteroatoms. The average molecular weight is 354 g/mol. The first-order valence-electron chi connectivity index (χ1n) is 6.60. The Bertz CT molecular complexity index is 603. The third-order valence-electron chi connectivity index (χ3n) is 3.61. The van der Waals surface area contributed by atoms with E-state index in [-0.39, 0.29) is 0 Å². The number of nitrogen functional groups attached to an aromatic ring is 1. The number of hydrogen-bond acceptors (Lipinski definition) is 4. The van der Waals surface area contributed by atoms with Gasteiger partial charge in [-0.2, -0.15) is 11.8 Å². The van der Waals surface area contributed by atoms with E-state index >= 15 is 0 Å². The molecule has 0 saturated heterocycles. The van der Waals surface area contributed by atoms with Gasteiger partial charge in [0.2, 0.25) is 0 Å². The van der Waals surface area contributed by atoms with Crippen molar-refractivity contribution in [1.82, 2.24) is 4.98 Å². The number of fused-ring (bicyclic) bond motifs is 1. The number of nitrogens with zero attached hydrogens (tertiary/aromatic N) is 2. The second-order valence-electron chi connectivity index (χ2n) is 4.97. The number of anilines is 2. The minimum atomic E-state index is 0.472. The van der Waals surface area contributed by atoms with Crippen molar-refractivity contribution in [1.29, 1.82) is 0 Å². The van der Waals surface area contributed by atoms with E-state index in [1.54, 1.807) is 0 Å². The van der Waals surface area contributed by atoms with Crippen LogP contribution in [0.4, 0.5) is 11.4 Å². The Labute approximate surface area is 133 Å². The molecule has 1 unspecified atom stereocenters. The van der Waals surface area contributed by atoms with Gasteiger partial charge in [0.15, 0.2) is 0 Å². The first-order chi connectivity index (χ1) is 9.54. The van der Waals surface area contributed by atoms with Crippen LogP contribution in [0.25, 0.3) is 10.9 Å². The lowest BCUT2D eigenvalue weighted by Crippen LogP contribution is -2.29. The molecule has 0 radical (unpaired) electrons. The van der Waals surface area contributed by atoms with E-state index in [2.05, 4.69) is 52.1 Å². The maximum absolute atomic E-state index is 6.07. The van der Waals surface area contributed by atoms with E-state index in [0.29, 0.717) is 6.04 Å². The van der Waals surface area contributed by atoms with Gasteiger partial charge in [0.1, 0.15) is 0 Å². The van der Waals surface area contributed by atoms with Crippen LogP contribution in [-0.4, -0.2) is 30.1 Å². The van der Waals surface area contributed by atoms with Gasteiger partial charge in [-0.25, -0.2) is 0 Å². The summed E-state index contributed by atoms with van der Waals surface area (Å²) in [5.41, 5.74) is 8.93. The Morgan fingerprint density at radius 3 is 2.90 bits per heavy atom. The van der Waals surface area contributed by atoms with Crippen LogP contribution in [0.1, 0.15) is 13.3 Å². The summed E-state index contributed by atoms with van der Waals surface area (Å²) in [6, 6.07) is 6.53. The molecule has 0 fully saturated rings. The number of rotatable bonds is 5. The van der Waals surface area contributed by atoms with E-state index in [1.807, 2.05) is 30.1 Å². The van der Waals surface area contributed by atoms with Crippen LogP contribution in [0.5, 0.6) is 0 Å². The minimum Gasteiger partial charge on any atom is -0.398 e. The molecule has 0 aliphatic carbocycles. The summed E-state index contributed by atoms with van der Waals surface area (Å²) in [4.78, 5) is 6.84. The number of hydrogen-bond donors (Lipinski definition) is 1. The monoisotopic (exact) mass is 353 g/mol. The van der Waals surface area contributed by atoms with Gasteiger partial charge in [-0.15, -0.1) is 0 Å². The lowest BCUT2D eigenvalue weighted by molar-refractivity contribution is 0.671. The number of aromatic nitrogens is 1. The predicted octanol–water partition coefficient (Wildman–Crippen LogP) is 4.16. The minimum absolute atomic E-state index is 0.472. The molecule has 0 aliphatic rings. The molecular formula is C15H20BrN3S. The molecule has 1 aromatic heterocycles. The number of nitrogens with two attached hydrogens (primary N) is 1. The summed E-state index contributed by atoms with van der Waals surface area (Å²) in [6.07, 6.45) is 5.12. The van der Waals surface area contributed by atoms with Crippen molar-refractivity contribution in [3.05, 3.63) is 28.9 Å². The van der Waals surface area contributed by atoms with Crippen LogP contribution in [-0.2, 0) is 0 Å². The molecule has 0 saturated carbocycles. The summed E-state index contributed by atoms with van der Waals surface area (Å²) in [5, 5.41) is 1.00. The van der Waals surface area contributed by atoms with Crippen molar-refractivity contribution in [2.45, 2.75) is 19.4 Å². The van der Waals surface area contributed by atoms with Gasteiger partial charge < -0.3 is 10.6 Å². The fourth-order valence-electron chi connectivity index (χ4n) is 2.20. The SMILES string of the molecule is CSCCC(C)N(C)c1ccc(N)c2cc(Br)cnc12. The summed E-state index contributed by atoms with van der Waals surface area (Å²) >= 11 is 5.34. The Morgan fingerprint density at radius 2 is 2.20 bits per heavy atom. The van der Waals surface area contributed by atoms with Gasteiger partial charge >= 0.3 is 0 Å². The van der Waals surface area contributed by atoms with Crippen LogP contribution in [0.15, 0.2) is 28.9 Å². The third kappa shape index (κ3) is 3.20. The van der Waals surface area contributed by atoms with Crippen molar-refractivity contribution >= 4 is 50.0 Å². The molecule has 108 valence electrons. The zero-order chi connectivity index (χ0) is 14.7. The molecule has 3 nitrogen and oxygen atoms in total. The van der Waals surface area contributed by atoms with E-state index in [0.717, 1.165) is 38.9 Å². The fraction of sp³-hybridized carbons (Fsp3) is 0.400. The number of pyridine rings is 1. The van der Waals surface area contributed by atoms with Gasteiger partial charge in [0.05, 0.1) is 11.2 Å². The van der Waals surface area contributed by atoms with Crippen LogP contribution in [0.3, 0.4) is 0 Å². The molecule has 0 amide bonds. The molecule has 0 spiro atoms. The zero-order valence-electron chi connectivity index (χ0n) is 12.1. The summed E-state index contributed by atoms with van der Waals surface area (Å²) < 4.78 is 0.951. The van der Waals surface area contributed by atoms with Gasteiger partial charge in [-0.1, -0.05) is 0 Å². The number of thioether (sulfide) groups is 1. The Balaban J connectivity index is 2.41. The molecule has 1 heterocycles. The first kappa shape index (κ1) is 15.4. The van der Waals surface area contributed by atoms with Gasteiger partial charge in [0.25, 0.3) is 0 Å². The molecule has 2 rings (SSSR count). The van der Waals surface area contributed by atoms with Crippen molar-refractivity contribution in [3.8, 4) is 0 Å². The smallest absolute Gasteiger partial charge is 0.0956 e. The predicted molar refractivity (Wildman–Crippen MR) is 94.7 cm³/mol. The highest BCUT2D eigenvalue weighted by atomic mass is 79.9. The fourth-order valence-corrected chi connectivity index (χ4v) is 3.11. The second-order valence-corrected chi connectivity index (χ2v) is 6.87. The maximum Gasteiger partial charge on any atom is 0.0956 e. The highest BCUT2D eigenvalue weighted by Crippen LogP contribution is 2.31. The Kier molecular flexibility index (Phi) is 5.16. The lowest BCUT2D eigenvalue weighted by atomic mass is 10.1. The van der Waals surface area contributed by atoms with Crippen molar-refractivity contribution in [2.24, 2.45) is 0 Å². The average Bonchev–Trinajstić information content (AvgIpc) is 2.45. The van der Waals surface area contributed by atoms with E-state index in [9.17, 15) is 0 Å². The van der Waals surface area contributed by atoms with Crippen LogP contribution in [0, 0.1) is 0 Å². The maximum atomic E-state index is 6.07. The number of halogens is 1.